The van der Waals surface area contributed by atoms with E-state index in [1.54, 1.807) is 0 Å². The van der Waals surface area contributed by atoms with Gasteiger partial charge < -0.3 is 5.11 Å². The van der Waals surface area contributed by atoms with Crippen LogP contribution in [0.4, 0.5) is 0 Å². The highest BCUT2D eigenvalue weighted by Crippen LogP contribution is 2.35. The highest BCUT2D eigenvalue weighted by atomic mass is 16.3. The molecule has 0 aromatic carbocycles. The minimum atomic E-state index is -0.363. The molecule has 72 valence electrons. The van der Waals surface area contributed by atoms with Gasteiger partial charge in [0.15, 0.2) is 0 Å². The average Bonchev–Trinajstić information content (AvgIpc) is 1.82. The SMILES string of the molecule is CC(C)CC1CCCC(C)(O)C1. The molecule has 1 aliphatic rings. The third-order valence-corrected chi connectivity index (χ3v) is 2.86. The molecule has 0 spiro atoms. The zero-order valence-corrected chi connectivity index (χ0v) is 8.64. The first kappa shape index (κ1) is 10.0. The van der Waals surface area contributed by atoms with Gasteiger partial charge in [0.1, 0.15) is 0 Å². The summed E-state index contributed by atoms with van der Waals surface area (Å²) in [6.07, 6.45) is 5.85. The lowest BCUT2D eigenvalue weighted by Crippen LogP contribution is -2.32. The lowest BCUT2D eigenvalue weighted by atomic mass is 9.76. The summed E-state index contributed by atoms with van der Waals surface area (Å²) in [6, 6.07) is 0. The van der Waals surface area contributed by atoms with Crippen molar-refractivity contribution in [1.82, 2.24) is 0 Å². The molecule has 1 nitrogen and oxygen atoms in total. The van der Waals surface area contributed by atoms with Gasteiger partial charge in [0.05, 0.1) is 5.60 Å². The fraction of sp³-hybridized carbons (Fsp3) is 1.00. The Labute approximate surface area is 76.2 Å². The van der Waals surface area contributed by atoms with Crippen LogP contribution in [0.1, 0.15) is 52.9 Å². The monoisotopic (exact) mass is 170 g/mol. The normalized spacial score (nSPS) is 37.2. The molecular formula is C11H22O. The first-order valence-electron chi connectivity index (χ1n) is 5.22. The summed E-state index contributed by atoms with van der Waals surface area (Å²) < 4.78 is 0. The Bertz CT molecular complexity index is 138. The van der Waals surface area contributed by atoms with Crippen molar-refractivity contribution in [2.24, 2.45) is 11.8 Å². The lowest BCUT2D eigenvalue weighted by molar-refractivity contribution is -0.00260. The maximum atomic E-state index is 9.86. The lowest BCUT2D eigenvalue weighted by Gasteiger charge is -2.34. The van der Waals surface area contributed by atoms with E-state index >= 15 is 0 Å². The largest absolute Gasteiger partial charge is 0.390 e. The highest BCUT2D eigenvalue weighted by Gasteiger charge is 2.29. The molecule has 12 heavy (non-hydrogen) atoms. The summed E-state index contributed by atoms with van der Waals surface area (Å²) in [5.74, 6) is 1.55. The maximum Gasteiger partial charge on any atom is 0.0622 e. The minimum absolute atomic E-state index is 0.363. The summed E-state index contributed by atoms with van der Waals surface area (Å²) in [5, 5.41) is 9.86. The molecule has 0 aromatic heterocycles. The van der Waals surface area contributed by atoms with E-state index in [9.17, 15) is 5.11 Å². The van der Waals surface area contributed by atoms with E-state index in [0.717, 1.165) is 24.7 Å². The van der Waals surface area contributed by atoms with E-state index < -0.39 is 0 Å². The van der Waals surface area contributed by atoms with Crippen LogP contribution in [0.25, 0.3) is 0 Å². The maximum absolute atomic E-state index is 9.86. The van der Waals surface area contributed by atoms with Crippen molar-refractivity contribution in [1.29, 1.82) is 0 Å². The topological polar surface area (TPSA) is 20.2 Å². The molecule has 1 rings (SSSR count). The van der Waals surface area contributed by atoms with Crippen molar-refractivity contribution in [2.75, 3.05) is 0 Å². The molecule has 0 heterocycles. The number of hydrogen-bond donors (Lipinski definition) is 1. The molecule has 0 saturated heterocycles. The average molecular weight is 170 g/mol. The molecular weight excluding hydrogens is 148 g/mol. The molecule has 0 radical (unpaired) electrons. The van der Waals surface area contributed by atoms with E-state index in [-0.39, 0.29) is 5.60 Å². The zero-order chi connectivity index (χ0) is 9.19. The van der Waals surface area contributed by atoms with Crippen LogP contribution in [0.3, 0.4) is 0 Å². The molecule has 1 fully saturated rings. The Balaban J connectivity index is 2.36. The van der Waals surface area contributed by atoms with E-state index in [1.165, 1.54) is 19.3 Å². The van der Waals surface area contributed by atoms with Crippen molar-refractivity contribution in [3.8, 4) is 0 Å². The van der Waals surface area contributed by atoms with Crippen LogP contribution in [0.15, 0.2) is 0 Å². The second-order valence-electron chi connectivity index (χ2n) is 5.09. The van der Waals surface area contributed by atoms with Gasteiger partial charge in [0, 0.05) is 0 Å². The van der Waals surface area contributed by atoms with E-state index in [1.807, 2.05) is 6.92 Å². The van der Waals surface area contributed by atoms with Crippen molar-refractivity contribution in [2.45, 2.75) is 58.5 Å². The molecule has 2 unspecified atom stereocenters. The Morgan fingerprint density at radius 2 is 2.17 bits per heavy atom. The van der Waals surface area contributed by atoms with Crippen molar-refractivity contribution in [3.63, 3.8) is 0 Å². The van der Waals surface area contributed by atoms with Gasteiger partial charge in [-0.05, 0) is 38.0 Å². The Morgan fingerprint density at radius 3 is 2.67 bits per heavy atom. The van der Waals surface area contributed by atoms with Gasteiger partial charge in [-0.3, -0.25) is 0 Å². The Kier molecular flexibility index (Phi) is 3.16. The quantitative estimate of drug-likeness (QED) is 0.675. The molecule has 1 saturated carbocycles. The van der Waals surface area contributed by atoms with Crippen LogP contribution in [0.5, 0.6) is 0 Å². The second-order valence-corrected chi connectivity index (χ2v) is 5.09. The third kappa shape index (κ3) is 3.14. The molecule has 1 aliphatic carbocycles. The molecule has 0 amide bonds. The number of rotatable bonds is 2. The first-order chi connectivity index (χ1) is 5.49. The van der Waals surface area contributed by atoms with Gasteiger partial charge in [-0.25, -0.2) is 0 Å². The van der Waals surface area contributed by atoms with Gasteiger partial charge in [-0.2, -0.15) is 0 Å². The molecule has 0 aromatic rings. The Morgan fingerprint density at radius 1 is 1.50 bits per heavy atom. The summed E-state index contributed by atoms with van der Waals surface area (Å²) in [6.45, 7) is 6.52. The first-order valence-corrected chi connectivity index (χ1v) is 5.22. The van der Waals surface area contributed by atoms with Crippen LogP contribution in [-0.4, -0.2) is 10.7 Å². The zero-order valence-electron chi connectivity index (χ0n) is 8.64. The molecule has 1 heteroatoms. The van der Waals surface area contributed by atoms with Crippen molar-refractivity contribution < 1.29 is 5.11 Å². The van der Waals surface area contributed by atoms with Crippen LogP contribution in [-0.2, 0) is 0 Å². The second kappa shape index (κ2) is 3.78. The molecule has 0 bridgehead atoms. The fourth-order valence-electron chi connectivity index (χ4n) is 2.47. The van der Waals surface area contributed by atoms with Crippen LogP contribution in [0.2, 0.25) is 0 Å². The summed E-state index contributed by atoms with van der Waals surface area (Å²) in [4.78, 5) is 0. The summed E-state index contributed by atoms with van der Waals surface area (Å²) in [5.41, 5.74) is -0.363. The van der Waals surface area contributed by atoms with E-state index in [0.29, 0.717) is 0 Å². The molecule has 1 N–H and O–H groups in total. The number of hydrogen-bond acceptors (Lipinski definition) is 1. The van der Waals surface area contributed by atoms with Gasteiger partial charge in [-0.15, -0.1) is 0 Å². The highest BCUT2D eigenvalue weighted by molar-refractivity contribution is 4.82. The minimum Gasteiger partial charge on any atom is -0.390 e. The predicted molar refractivity (Wildman–Crippen MR) is 52.0 cm³/mol. The molecule has 0 aliphatic heterocycles. The Hall–Kier alpha value is -0.0400. The number of aliphatic hydroxyl groups is 1. The van der Waals surface area contributed by atoms with Gasteiger partial charge in [0.2, 0.25) is 0 Å². The predicted octanol–water partition coefficient (Wildman–Crippen LogP) is 2.97. The summed E-state index contributed by atoms with van der Waals surface area (Å²) in [7, 11) is 0. The molecule has 2 atom stereocenters. The van der Waals surface area contributed by atoms with Crippen molar-refractivity contribution >= 4 is 0 Å². The van der Waals surface area contributed by atoms with Crippen LogP contribution < -0.4 is 0 Å². The standard InChI is InChI=1S/C11H22O/c1-9(2)7-10-5-4-6-11(3,12)8-10/h9-10,12H,4-8H2,1-3H3. The van der Waals surface area contributed by atoms with Gasteiger partial charge in [-0.1, -0.05) is 26.7 Å². The smallest absolute Gasteiger partial charge is 0.0622 e. The fourth-order valence-corrected chi connectivity index (χ4v) is 2.47. The van der Waals surface area contributed by atoms with Crippen LogP contribution >= 0.6 is 0 Å². The van der Waals surface area contributed by atoms with Gasteiger partial charge >= 0.3 is 0 Å². The van der Waals surface area contributed by atoms with Crippen molar-refractivity contribution in [3.05, 3.63) is 0 Å². The van der Waals surface area contributed by atoms with Gasteiger partial charge in [0.25, 0.3) is 0 Å². The van der Waals surface area contributed by atoms with Crippen LogP contribution in [0, 0.1) is 11.8 Å². The van der Waals surface area contributed by atoms with E-state index in [2.05, 4.69) is 13.8 Å². The van der Waals surface area contributed by atoms with E-state index in [4.69, 9.17) is 0 Å². The summed E-state index contributed by atoms with van der Waals surface area (Å²) >= 11 is 0. The third-order valence-electron chi connectivity index (χ3n) is 2.86.